The van der Waals surface area contributed by atoms with Gasteiger partial charge in [0.15, 0.2) is 0 Å². The third-order valence-corrected chi connectivity index (χ3v) is 4.40. The topological polar surface area (TPSA) is 50.4 Å². The first-order chi connectivity index (χ1) is 10.6. The average molecular weight is 325 g/mol. The van der Waals surface area contributed by atoms with Crippen LogP contribution in [0.15, 0.2) is 24.3 Å². The fourth-order valence-electron chi connectivity index (χ4n) is 2.72. The summed E-state index contributed by atoms with van der Waals surface area (Å²) < 4.78 is 5.89. The maximum absolute atomic E-state index is 12.3. The molecule has 0 radical (unpaired) electrons. The Hall–Kier alpha value is -1.26. The van der Waals surface area contributed by atoms with Gasteiger partial charge in [-0.2, -0.15) is 0 Å². The van der Waals surface area contributed by atoms with E-state index in [1.165, 1.54) is 0 Å². The van der Waals surface area contributed by atoms with E-state index in [1.54, 1.807) is 6.07 Å². The number of carbonyl (C=O) groups is 1. The minimum atomic E-state index is -0.0667. The van der Waals surface area contributed by atoms with Gasteiger partial charge in [0.25, 0.3) is 0 Å². The average Bonchev–Trinajstić information content (AvgIpc) is 2.52. The number of para-hydroxylation sites is 1. The molecule has 5 heteroatoms. The summed E-state index contributed by atoms with van der Waals surface area (Å²) in [6.07, 6.45) is 2.54. The van der Waals surface area contributed by atoms with E-state index >= 15 is 0 Å². The highest BCUT2D eigenvalue weighted by Gasteiger charge is 2.25. The standard InChI is InChI=1S/C17H25ClN2O2/c1-3-14(22-16-7-5-4-6-15(16)18)11-20-17(21)13-8-9-19-12(2)10-13/h4-7,12-14,19H,3,8-11H2,1-2H3,(H,20,21)/t12-,13-,14?/m0/s1. The predicted octanol–water partition coefficient (Wildman–Crippen LogP) is 3.00. The predicted molar refractivity (Wildman–Crippen MR) is 89.4 cm³/mol. The Morgan fingerprint density at radius 2 is 2.27 bits per heavy atom. The van der Waals surface area contributed by atoms with Gasteiger partial charge in [-0.3, -0.25) is 4.79 Å². The Bertz CT molecular complexity index is 495. The number of rotatable bonds is 6. The summed E-state index contributed by atoms with van der Waals surface area (Å²) in [7, 11) is 0. The van der Waals surface area contributed by atoms with E-state index in [4.69, 9.17) is 16.3 Å². The highest BCUT2D eigenvalue weighted by Crippen LogP contribution is 2.24. The van der Waals surface area contributed by atoms with E-state index < -0.39 is 0 Å². The van der Waals surface area contributed by atoms with Gasteiger partial charge in [0.05, 0.1) is 11.6 Å². The van der Waals surface area contributed by atoms with Crippen LogP contribution >= 0.6 is 11.6 Å². The first kappa shape index (κ1) is 17.1. The second kappa shape index (κ2) is 8.39. The van der Waals surface area contributed by atoms with Crippen molar-refractivity contribution in [3.05, 3.63) is 29.3 Å². The van der Waals surface area contributed by atoms with Crippen molar-refractivity contribution in [2.75, 3.05) is 13.1 Å². The number of piperidine rings is 1. The number of nitrogens with one attached hydrogen (secondary N) is 2. The summed E-state index contributed by atoms with van der Waals surface area (Å²) in [6, 6.07) is 7.82. The molecule has 2 rings (SSSR count). The van der Waals surface area contributed by atoms with Gasteiger partial charge in [-0.05, 0) is 44.9 Å². The molecule has 0 spiro atoms. The number of benzene rings is 1. The number of hydrogen-bond acceptors (Lipinski definition) is 3. The maximum atomic E-state index is 12.3. The van der Waals surface area contributed by atoms with Crippen LogP contribution in [0.4, 0.5) is 0 Å². The molecule has 4 nitrogen and oxygen atoms in total. The monoisotopic (exact) mass is 324 g/mol. The first-order valence-electron chi connectivity index (χ1n) is 8.02. The normalized spacial score (nSPS) is 22.9. The first-order valence-corrected chi connectivity index (χ1v) is 8.40. The third kappa shape index (κ3) is 4.89. The third-order valence-electron chi connectivity index (χ3n) is 4.08. The summed E-state index contributed by atoms with van der Waals surface area (Å²) >= 11 is 6.11. The summed E-state index contributed by atoms with van der Waals surface area (Å²) in [6.45, 7) is 5.58. The van der Waals surface area contributed by atoms with E-state index in [9.17, 15) is 4.79 Å². The zero-order chi connectivity index (χ0) is 15.9. The van der Waals surface area contributed by atoms with Crippen molar-refractivity contribution in [3.63, 3.8) is 0 Å². The van der Waals surface area contributed by atoms with Gasteiger partial charge in [-0.25, -0.2) is 0 Å². The van der Waals surface area contributed by atoms with Crippen molar-refractivity contribution in [2.45, 2.75) is 45.3 Å². The molecular formula is C17H25ClN2O2. The zero-order valence-corrected chi connectivity index (χ0v) is 14.0. The van der Waals surface area contributed by atoms with Crippen molar-refractivity contribution in [1.29, 1.82) is 0 Å². The van der Waals surface area contributed by atoms with Gasteiger partial charge in [0, 0.05) is 12.0 Å². The molecule has 122 valence electrons. The highest BCUT2D eigenvalue weighted by molar-refractivity contribution is 6.32. The second-order valence-corrected chi connectivity index (χ2v) is 6.31. The molecule has 0 bridgehead atoms. The number of hydrogen-bond donors (Lipinski definition) is 2. The van der Waals surface area contributed by atoms with Gasteiger partial charge in [0.1, 0.15) is 11.9 Å². The highest BCUT2D eigenvalue weighted by atomic mass is 35.5. The van der Waals surface area contributed by atoms with Crippen LogP contribution in [0.3, 0.4) is 0 Å². The molecule has 3 atom stereocenters. The van der Waals surface area contributed by atoms with Gasteiger partial charge >= 0.3 is 0 Å². The molecule has 2 N–H and O–H groups in total. The van der Waals surface area contributed by atoms with E-state index in [2.05, 4.69) is 17.6 Å². The van der Waals surface area contributed by atoms with Crippen LogP contribution in [0.25, 0.3) is 0 Å². The molecular weight excluding hydrogens is 300 g/mol. The molecule has 1 heterocycles. The molecule has 1 unspecified atom stereocenters. The van der Waals surface area contributed by atoms with Crippen LogP contribution in [0.1, 0.15) is 33.1 Å². The molecule has 1 aromatic carbocycles. The van der Waals surface area contributed by atoms with E-state index in [0.717, 1.165) is 25.8 Å². The minimum Gasteiger partial charge on any atom is -0.487 e. The quantitative estimate of drug-likeness (QED) is 0.845. The van der Waals surface area contributed by atoms with Gasteiger partial charge in [0.2, 0.25) is 5.91 Å². The summed E-state index contributed by atoms with van der Waals surface area (Å²) in [4.78, 5) is 12.3. The molecule has 0 aliphatic carbocycles. The van der Waals surface area contributed by atoms with E-state index in [1.807, 2.05) is 25.1 Å². The van der Waals surface area contributed by atoms with Crippen LogP contribution in [0, 0.1) is 5.92 Å². The summed E-state index contributed by atoms with van der Waals surface area (Å²) in [5, 5.41) is 6.99. The van der Waals surface area contributed by atoms with Crippen molar-refractivity contribution in [3.8, 4) is 5.75 Å². The largest absolute Gasteiger partial charge is 0.487 e. The Balaban J connectivity index is 1.83. The van der Waals surface area contributed by atoms with Crippen LogP contribution in [-0.4, -0.2) is 31.1 Å². The smallest absolute Gasteiger partial charge is 0.223 e. The number of ether oxygens (including phenoxy) is 1. The van der Waals surface area contributed by atoms with Gasteiger partial charge in [-0.1, -0.05) is 30.7 Å². The Morgan fingerprint density at radius 3 is 2.95 bits per heavy atom. The summed E-state index contributed by atoms with van der Waals surface area (Å²) in [5.74, 6) is 0.907. The van der Waals surface area contributed by atoms with E-state index in [0.29, 0.717) is 23.4 Å². The van der Waals surface area contributed by atoms with Crippen LogP contribution in [0.5, 0.6) is 5.75 Å². The van der Waals surface area contributed by atoms with Gasteiger partial charge < -0.3 is 15.4 Å². The minimum absolute atomic E-state index is 0.0667. The van der Waals surface area contributed by atoms with Crippen molar-refractivity contribution >= 4 is 17.5 Å². The van der Waals surface area contributed by atoms with E-state index in [-0.39, 0.29) is 17.9 Å². The molecule has 1 fully saturated rings. The second-order valence-electron chi connectivity index (χ2n) is 5.90. The fraction of sp³-hybridized carbons (Fsp3) is 0.588. The molecule has 1 aliphatic rings. The number of carbonyl (C=O) groups excluding carboxylic acids is 1. The zero-order valence-electron chi connectivity index (χ0n) is 13.3. The molecule has 1 aliphatic heterocycles. The fourth-order valence-corrected chi connectivity index (χ4v) is 2.90. The van der Waals surface area contributed by atoms with Crippen LogP contribution in [-0.2, 0) is 4.79 Å². The van der Waals surface area contributed by atoms with Crippen molar-refractivity contribution in [2.24, 2.45) is 5.92 Å². The lowest BCUT2D eigenvalue weighted by molar-refractivity contribution is -0.126. The van der Waals surface area contributed by atoms with Crippen molar-refractivity contribution < 1.29 is 9.53 Å². The number of halogens is 1. The molecule has 0 saturated carbocycles. The van der Waals surface area contributed by atoms with Crippen molar-refractivity contribution in [1.82, 2.24) is 10.6 Å². The van der Waals surface area contributed by atoms with Crippen LogP contribution < -0.4 is 15.4 Å². The molecule has 22 heavy (non-hydrogen) atoms. The van der Waals surface area contributed by atoms with Crippen LogP contribution in [0.2, 0.25) is 5.02 Å². The molecule has 1 aromatic rings. The summed E-state index contributed by atoms with van der Waals surface area (Å²) in [5.41, 5.74) is 0. The SMILES string of the molecule is CCC(CNC(=O)[C@H]1CCN[C@@H](C)C1)Oc1ccccc1Cl. The molecule has 1 amide bonds. The Labute approximate surface area is 137 Å². The Kier molecular flexibility index (Phi) is 6.52. The van der Waals surface area contributed by atoms with Gasteiger partial charge in [-0.15, -0.1) is 0 Å². The lowest BCUT2D eigenvalue weighted by atomic mass is 9.92. The lowest BCUT2D eigenvalue weighted by Gasteiger charge is -2.28. The Morgan fingerprint density at radius 1 is 1.50 bits per heavy atom. The number of amides is 1. The lowest BCUT2D eigenvalue weighted by Crippen LogP contribution is -2.44. The molecule has 0 aromatic heterocycles. The maximum Gasteiger partial charge on any atom is 0.223 e. The molecule has 1 saturated heterocycles.